The van der Waals surface area contributed by atoms with E-state index in [-0.39, 0.29) is 0 Å². The molecule has 16 heavy (non-hydrogen) atoms. The van der Waals surface area contributed by atoms with Gasteiger partial charge in [0.2, 0.25) is 0 Å². The van der Waals surface area contributed by atoms with E-state index in [1.807, 2.05) is 12.1 Å². The molecule has 2 aromatic rings. The van der Waals surface area contributed by atoms with Crippen molar-refractivity contribution < 1.29 is 9.53 Å². The molecule has 0 bridgehead atoms. The lowest BCUT2D eigenvalue weighted by Crippen LogP contribution is -1.97. The van der Waals surface area contributed by atoms with Crippen LogP contribution in [-0.2, 0) is 0 Å². The largest absolute Gasteiger partial charge is 0.493 e. The number of aldehydes is 1. The highest BCUT2D eigenvalue weighted by atomic mass is 16.5. The number of hydrogen-bond acceptors (Lipinski definition) is 3. The van der Waals surface area contributed by atoms with E-state index in [1.165, 1.54) is 0 Å². The van der Waals surface area contributed by atoms with Gasteiger partial charge in [0.25, 0.3) is 0 Å². The van der Waals surface area contributed by atoms with Crippen LogP contribution in [0.5, 0.6) is 5.75 Å². The van der Waals surface area contributed by atoms with E-state index < -0.39 is 0 Å². The molecule has 0 atom stereocenters. The highest BCUT2D eigenvalue weighted by molar-refractivity contribution is 6.00. The van der Waals surface area contributed by atoms with Gasteiger partial charge in [0.15, 0.2) is 6.29 Å². The monoisotopic (exact) mass is 215 g/mol. The summed E-state index contributed by atoms with van der Waals surface area (Å²) in [5.41, 5.74) is 0.668. The molecule has 0 fully saturated rings. The maximum Gasteiger partial charge on any atom is 0.150 e. The number of benzene rings is 1. The van der Waals surface area contributed by atoms with Crippen molar-refractivity contribution in [1.82, 2.24) is 4.98 Å². The molecule has 0 saturated carbocycles. The summed E-state index contributed by atoms with van der Waals surface area (Å²) in [6.07, 6.45) is 5.22. The van der Waals surface area contributed by atoms with Crippen LogP contribution in [0.15, 0.2) is 30.6 Å². The first-order valence-corrected chi connectivity index (χ1v) is 5.31. The van der Waals surface area contributed by atoms with E-state index in [2.05, 4.69) is 11.9 Å². The Hall–Kier alpha value is -1.90. The van der Waals surface area contributed by atoms with E-state index in [9.17, 15) is 4.79 Å². The summed E-state index contributed by atoms with van der Waals surface area (Å²) in [5.74, 6) is 0.788. The Kier molecular flexibility index (Phi) is 3.15. The van der Waals surface area contributed by atoms with Crippen LogP contribution in [0.3, 0.4) is 0 Å². The summed E-state index contributed by atoms with van der Waals surface area (Å²) < 4.78 is 5.61. The number of rotatable bonds is 4. The standard InChI is InChI=1S/C13H13NO2/c1-2-7-16-13-4-3-10(9-15)11-5-6-14-8-12(11)13/h3-6,8-9H,2,7H2,1H3. The van der Waals surface area contributed by atoms with Crippen LogP contribution >= 0.6 is 0 Å². The molecule has 0 amide bonds. The van der Waals surface area contributed by atoms with E-state index in [4.69, 9.17) is 4.74 Å². The molecule has 0 N–H and O–H groups in total. The van der Waals surface area contributed by atoms with Crippen molar-refractivity contribution in [3.05, 3.63) is 36.2 Å². The second kappa shape index (κ2) is 4.75. The molecule has 2 rings (SSSR count). The van der Waals surface area contributed by atoms with Gasteiger partial charge >= 0.3 is 0 Å². The summed E-state index contributed by atoms with van der Waals surface area (Å²) in [5, 5.41) is 1.78. The molecule has 0 radical (unpaired) electrons. The predicted molar refractivity (Wildman–Crippen MR) is 62.9 cm³/mol. The number of ether oxygens (including phenoxy) is 1. The van der Waals surface area contributed by atoms with Crippen LogP contribution in [0.2, 0.25) is 0 Å². The van der Waals surface area contributed by atoms with Gasteiger partial charge in [-0.15, -0.1) is 0 Å². The number of carbonyl (C=O) groups is 1. The van der Waals surface area contributed by atoms with E-state index in [1.54, 1.807) is 18.5 Å². The minimum atomic E-state index is 0.668. The molecule has 1 aromatic heterocycles. The zero-order valence-electron chi connectivity index (χ0n) is 9.14. The molecule has 1 heterocycles. The van der Waals surface area contributed by atoms with E-state index >= 15 is 0 Å². The fourth-order valence-corrected chi connectivity index (χ4v) is 1.63. The normalized spacial score (nSPS) is 10.3. The third-order valence-electron chi connectivity index (χ3n) is 2.40. The van der Waals surface area contributed by atoms with Gasteiger partial charge in [0, 0.05) is 23.3 Å². The summed E-state index contributed by atoms with van der Waals surface area (Å²) in [4.78, 5) is 14.9. The molecular formula is C13H13NO2. The van der Waals surface area contributed by atoms with Gasteiger partial charge in [-0.3, -0.25) is 9.78 Å². The van der Waals surface area contributed by atoms with Gasteiger partial charge in [-0.1, -0.05) is 6.92 Å². The lowest BCUT2D eigenvalue weighted by atomic mass is 10.1. The summed E-state index contributed by atoms with van der Waals surface area (Å²) in [6, 6.07) is 5.43. The Bertz CT molecular complexity index is 508. The molecule has 3 nitrogen and oxygen atoms in total. The Balaban J connectivity index is 2.55. The van der Waals surface area contributed by atoms with Crippen LogP contribution in [0.25, 0.3) is 10.8 Å². The first-order chi connectivity index (χ1) is 7.86. The lowest BCUT2D eigenvalue weighted by molar-refractivity contribution is 0.112. The number of nitrogens with zero attached hydrogens (tertiary/aromatic N) is 1. The molecule has 1 aromatic carbocycles. The fourth-order valence-electron chi connectivity index (χ4n) is 1.63. The molecule has 0 aliphatic heterocycles. The van der Waals surface area contributed by atoms with Gasteiger partial charge in [0.05, 0.1) is 6.61 Å². The first kappa shape index (κ1) is 10.6. The third kappa shape index (κ3) is 1.89. The van der Waals surface area contributed by atoms with Crippen molar-refractivity contribution in [2.75, 3.05) is 6.61 Å². The Morgan fingerprint density at radius 1 is 1.31 bits per heavy atom. The van der Waals surface area contributed by atoms with Gasteiger partial charge < -0.3 is 4.74 Å². The van der Waals surface area contributed by atoms with Gasteiger partial charge in [-0.05, 0) is 30.0 Å². The maximum atomic E-state index is 10.9. The number of pyridine rings is 1. The highest BCUT2D eigenvalue weighted by Gasteiger charge is 2.05. The molecule has 0 saturated heterocycles. The van der Waals surface area contributed by atoms with Crippen LogP contribution in [-0.4, -0.2) is 17.9 Å². The second-order valence-electron chi connectivity index (χ2n) is 3.54. The molecule has 82 valence electrons. The van der Waals surface area contributed by atoms with Crippen LogP contribution in [0.1, 0.15) is 23.7 Å². The van der Waals surface area contributed by atoms with Crippen molar-refractivity contribution in [1.29, 1.82) is 0 Å². The Morgan fingerprint density at radius 3 is 2.94 bits per heavy atom. The zero-order valence-corrected chi connectivity index (χ0v) is 9.14. The van der Waals surface area contributed by atoms with Gasteiger partial charge in [-0.2, -0.15) is 0 Å². The summed E-state index contributed by atoms with van der Waals surface area (Å²) in [6.45, 7) is 2.73. The van der Waals surface area contributed by atoms with Crippen LogP contribution in [0.4, 0.5) is 0 Å². The van der Waals surface area contributed by atoms with Crippen molar-refractivity contribution in [2.24, 2.45) is 0 Å². The molecular weight excluding hydrogens is 202 g/mol. The topological polar surface area (TPSA) is 39.2 Å². The Labute approximate surface area is 94.1 Å². The molecule has 0 aliphatic rings. The average Bonchev–Trinajstić information content (AvgIpc) is 2.36. The minimum Gasteiger partial charge on any atom is -0.493 e. The number of fused-ring (bicyclic) bond motifs is 1. The zero-order chi connectivity index (χ0) is 11.4. The highest BCUT2D eigenvalue weighted by Crippen LogP contribution is 2.27. The van der Waals surface area contributed by atoms with E-state index in [0.29, 0.717) is 12.2 Å². The first-order valence-electron chi connectivity index (χ1n) is 5.31. The number of aromatic nitrogens is 1. The molecule has 0 spiro atoms. The third-order valence-corrected chi connectivity index (χ3v) is 2.40. The molecule has 0 aliphatic carbocycles. The number of hydrogen-bond donors (Lipinski definition) is 0. The maximum absolute atomic E-state index is 10.9. The van der Waals surface area contributed by atoms with Crippen molar-refractivity contribution in [3.63, 3.8) is 0 Å². The van der Waals surface area contributed by atoms with Crippen molar-refractivity contribution in [2.45, 2.75) is 13.3 Å². The fraction of sp³-hybridized carbons (Fsp3) is 0.231. The SMILES string of the molecule is CCCOc1ccc(C=O)c2ccncc12. The lowest BCUT2D eigenvalue weighted by Gasteiger charge is -2.09. The summed E-state index contributed by atoms with van der Waals surface area (Å²) in [7, 11) is 0. The van der Waals surface area contributed by atoms with Crippen LogP contribution in [0, 0.1) is 0 Å². The predicted octanol–water partition coefficient (Wildman–Crippen LogP) is 2.84. The second-order valence-corrected chi connectivity index (χ2v) is 3.54. The molecule has 3 heteroatoms. The van der Waals surface area contributed by atoms with Crippen molar-refractivity contribution in [3.8, 4) is 5.75 Å². The summed E-state index contributed by atoms with van der Waals surface area (Å²) >= 11 is 0. The van der Waals surface area contributed by atoms with E-state index in [0.717, 1.165) is 29.2 Å². The minimum absolute atomic E-state index is 0.668. The molecule has 0 unspecified atom stereocenters. The van der Waals surface area contributed by atoms with Crippen LogP contribution < -0.4 is 4.74 Å². The van der Waals surface area contributed by atoms with Crippen molar-refractivity contribution >= 4 is 17.1 Å². The van der Waals surface area contributed by atoms with Gasteiger partial charge in [0.1, 0.15) is 5.75 Å². The smallest absolute Gasteiger partial charge is 0.150 e. The number of carbonyl (C=O) groups excluding carboxylic acids is 1. The average molecular weight is 215 g/mol. The quantitative estimate of drug-likeness (QED) is 0.736. The van der Waals surface area contributed by atoms with Gasteiger partial charge in [-0.25, -0.2) is 0 Å². The Morgan fingerprint density at radius 2 is 2.19 bits per heavy atom.